The van der Waals surface area contributed by atoms with Crippen LogP contribution in [-0.4, -0.2) is 169 Å². The van der Waals surface area contributed by atoms with Crippen molar-refractivity contribution in [2.45, 2.75) is 273 Å². The molecular weight excluding hydrogens is 2180 g/mol. The highest BCUT2D eigenvalue weighted by molar-refractivity contribution is 9.05. The summed E-state index contributed by atoms with van der Waals surface area (Å²) in [6.07, 6.45) is 59.5. The Kier molecular flexibility index (Phi) is 1750. The van der Waals surface area contributed by atoms with Gasteiger partial charge in [-0.05, 0) is 156 Å². The summed E-state index contributed by atoms with van der Waals surface area (Å²) >= 11 is 67.4. The van der Waals surface area contributed by atoms with Crippen molar-refractivity contribution < 1.29 is 17.4 Å². The van der Waals surface area contributed by atoms with E-state index in [1.165, 1.54) is 57.6 Å². The molecule has 0 heterocycles. The summed E-state index contributed by atoms with van der Waals surface area (Å²) in [6, 6.07) is 0. The van der Waals surface area contributed by atoms with Crippen LogP contribution in [0.15, 0.2) is 0 Å². The summed E-state index contributed by atoms with van der Waals surface area (Å²) in [4.78, 5) is 0. The first-order chi connectivity index (χ1) is 54.0. The minimum atomic E-state index is -4.04. The zero-order valence-corrected chi connectivity index (χ0v) is 118. The van der Waals surface area contributed by atoms with Crippen LogP contribution in [0.3, 0.4) is 0 Å². The maximum atomic E-state index is 9.62. The summed E-state index contributed by atoms with van der Waals surface area (Å²) in [5.74, 6) is 0. The van der Waals surface area contributed by atoms with Crippen LogP contribution in [0.4, 0.5) is 0 Å². The number of hydrogen-bond acceptors (Lipinski definition) is 44. The van der Waals surface area contributed by atoms with Gasteiger partial charge in [0.05, 0.1) is 0 Å². The van der Waals surface area contributed by atoms with Crippen LogP contribution in [0, 0.1) is 0 Å². The average Bonchev–Trinajstić information content (AvgIpc) is 1.02. The molecule has 0 spiro atoms. The van der Waals surface area contributed by atoms with E-state index in [1.54, 1.807) is 231 Å². The third kappa shape index (κ3) is 2420. The Balaban J connectivity index is -0.0000000121. The van der Waals surface area contributed by atoms with E-state index in [0.717, 1.165) is 10.8 Å². The first-order valence-corrected chi connectivity index (χ1v) is 82.8. The molecule has 0 fully saturated rings. The molecule has 0 amide bonds. The van der Waals surface area contributed by atoms with Gasteiger partial charge in [-0.3, -0.25) is 0 Å². The number of thioether (sulfide) groups is 1. The Morgan fingerprint density at radius 3 is 0.236 bits per heavy atom. The van der Waals surface area contributed by atoms with Crippen LogP contribution in [0.5, 0.6) is 0 Å². The topological polar surface area (TPSA) is 57.2 Å². The van der Waals surface area contributed by atoms with Crippen molar-refractivity contribution >= 4 is 473 Å². The third-order valence-corrected chi connectivity index (χ3v) is 17.6. The van der Waals surface area contributed by atoms with E-state index < -0.39 is 9.15 Å². The zero-order valence-electron chi connectivity index (χ0n) is 83.8. The highest BCUT2D eigenvalue weighted by atomic mass is 33.5. The van der Waals surface area contributed by atoms with Gasteiger partial charge >= 0.3 is 0 Å². The Morgan fingerprint density at radius 1 is 0.200 bits per heavy atom. The first-order valence-electron chi connectivity index (χ1n) is 34.6. The molecule has 0 radical (unpaired) electrons. The van der Waals surface area contributed by atoms with Crippen molar-refractivity contribution in [1.29, 1.82) is 0 Å². The summed E-state index contributed by atoms with van der Waals surface area (Å²) in [6.45, 7) is 66.0. The molecule has 0 aromatic heterocycles. The highest BCUT2D eigenvalue weighted by Crippen LogP contribution is 2.22. The van der Waals surface area contributed by atoms with E-state index in [0.29, 0.717) is 9.83 Å². The van der Waals surface area contributed by atoms with Gasteiger partial charge in [-0.25, -0.2) is 8.42 Å². The van der Waals surface area contributed by atoms with E-state index in [1.807, 2.05) is 123 Å². The van der Waals surface area contributed by atoms with Gasteiger partial charge in [0.25, 0.3) is 0 Å². The van der Waals surface area contributed by atoms with Crippen molar-refractivity contribution in [3.05, 3.63) is 0 Å². The van der Waals surface area contributed by atoms with Crippen LogP contribution in [0.2, 0.25) is 0 Å². The quantitative estimate of drug-likeness (QED) is 0.0552. The number of rotatable bonds is 11. The van der Waals surface area contributed by atoms with E-state index >= 15 is 0 Å². The Bertz CT molecular complexity index is 494. The van der Waals surface area contributed by atoms with Gasteiger partial charge in [-0.1, -0.05) is 478 Å². The highest BCUT2D eigenvalue weighted by Gasteiger charge is 1.88. The van der Waals surface area contributed by atoms with Crippen molar-refractivity contribution in [3.8, 4) is 0 Å². The van der Waals surface area contributed by atoms with Gasteiger partial charge in [0.1, 0.15) is 0 Å². The molecule has 0 aromatic rings. The first kappa shape index (κ1) is 254. The summed E-state index contributed by atoms with van der Waals surface area (Å²) in [5, 5.41) is 0. The molecule has 110 heavy (non-hydrogen) atoms. The van der Waals surface area contributed by atoms with Crippen molar-refractivity contribution in [3.63, 3.8) is 0 Å². The molecule has 3 nitrogen and oxygen atoms in total. The maximum Gasteiger partial charge on any atom is 0.159 e. The summed E-state index contributed by atoms with van der Waals surface area (Å²) in [7, 11) is 29.1. The van der Waals surface area contributed by atoms with Crippen LogP contribution in [0.1, 0.15) is 277 Å². The molecule has 0 saturated carbocycles. The molecule has 45 heteroatoms. The largest absolute Gasteiger partial charge is 0.739 e. The molecular formula is C65H211O3S42-. The molecule has 0 rings (SSSR count). The molecule has 742 valence electrons. The van der Waals surface area contributed by atoms with E-state index in [4.69, 9.17) is 2.97 Å². The van der Waals surface area contributed by atoms with Gasteiger partial charge in [0.15, 0.2) is 9.15 Å². The minimum absolute atomic E-state index is 0. The lowest BCUT2D eigenvalue weighted by molar-refractivity contribution is 0.483. The van der Waals surface area contributed by atoms with E-state index in [-0.39, 0.29) is 1.43 Å². The fourth-order valence-electron chi connectivity index (χ4n) is 0.0833. The second-order valence-electron chi connectivity index (χ2n) is 9.71. The van der Waals surface area contributed by atoms with Crippen LogP contribution in [-0.2, 0) is 9.15 Å². The minimum Gasteiger partial charge on any atom is -0.739 e. The van der Waals surface area contributed by atoms with Crippen LogP contribution >= 0.6 is 464 Å². The second kappa shape index (κ2) is 759. The Morgan fingerprint density at radius 2 is 0.236 bits per heavy atom. The molecule has 0 N–H and O–H groups in total. The Labute approximate surface area is 905 Å². The van der Waals surface area contributed by atoms with Crippen molar-refractivity contribution in [2.24, 2.45) is 0 Å². The lowest BCUT2D eigenvalue weighted by Gasteiger charge is -1.98. The molecule has 0 unspecified atom stereocenters. The fourth-order valence-corrected chi connectivity index (χ4v) is 2.25. The van der Waals surface area contributed by atoms with Gasteiger partial charge in [0.2, 0.25) is 0 Å². The van der Waals surface area contributed by atoms with E-state index in [9.17, 15) is 13.0 Å². The molecule has 0 aliphatic rings. The third-order valence-electron chi connectivity index (χ3n) is 1.65. The zero-order chi connectivity index (χ0) is 103. The predicted octanol–water partition coefficient (Wildman–Crippen LogP) is 44.4. The second-order valence-corrected chi connectivity index (χ2v) is 39.7. The van der Waals surface area contributed by atoms with Gasteiger partial charge in [-0.15, -0.1) is 187 Å². The number of thiol groups is 20. The van der Waals surface area contributed by atoms with Crippen LogP contribution < -0.4 is 0 Å². The lowest BCUT2D eigenvalue weighted by Crippen LogP contribution is -1.84. The molecule has 0 aliphatic heterocycles. The fraction of sp³-hybridized carbons (Fsp3) is 1.00. The van der Waals surface area contributed by atoms with E-state index in [2.05, 4.69) is 460 Å². The van der Waals surface area contributed by atoms with Crippen molar-refractivity contribution in [2.75, 3.05) is 156 Å². The average molecular weight is 2390 g/mol. The molecule has 0 atom stereocenters. The van der Waals surface area contributed by atoms with Gasteiger partial charge in [-0.2, -0.15) is 62.3 Å². The number of hydrogen-bond donors (Lipinski definition) is 20. The van der Waals surface area contributed by atoms with Gasteiger partial charge in [0, 0.05) is 14.2 Å². The van der Waals surface area contributed by atoms with Crippen molar-refractivity contribution in [1.82, 2.24) is 0 Å². The van der Waals surface area contributed by atoms with Gasteiger partial charge < -0.3 is 4.55 Å². The van der Waals surface area contributed by atoms with Crippen LogP contribution in [0.25, 0.3) is 0 Å². The standard InChI is InChI=1S/8C3H8.9C2H6S2.C2H6S.8C2H6.CH4O3S3.4CH4S.8H2S2.2H2/c8*1-3-2;9*1-3-4-2;1-3-2;8*1-2;1-5-6-7(2,3)4;12*1-2;;/h8*3H2,1-2H3;9*1-2H3;1-2H3;8*1-2H3;1H3,(H,2,3,4);4*2H,1H3;8*1-2H;2*1H/p-1/i;;;;;;;;;;;;;;;;;;;;;;;;;;;;;;;;;;;;;;;1+2D;1+2. The maximum absolute atomic E-state index is 9.62. The molecule has 0 saturated heterocycles. The molecule has 0 bridgehead atoms. The summed E-state index contributed by atoms with van der Waals surface area (Å²) in [5.41, 5.74) is 0. The predicted molar refractivity (Wildman–Crippen MR) is 720 cm³/mol. The lowest BCUT2D eigenvalue weighted by atomic mass is 10.6. The molecule has 0 aromatic carbocycles. The summed E-state index contributed by atoms with van der Waals surface area (Å²) < 4.78 is 38.9. The smallest absolute Gasteiger partial charge is 0.159 e. The molecule has 0 aliphatic carbocycles. The Hall–Kier alpha value is 14.3. The normalized spacial score (nSPS) is 5.84. The SMILES string of the molecule is CC.CC.CC.CC.CC.CC.CC.CC.CCC.CCC.CCC.CCC.CCC.CCC.CCC.CCC.CS.CS.CS.CS.CSC.CSSC.CSSC.CSSC.CSSC.CSSC.CSSC.CSSC.CSSC.CSSC.CSSS(=O)(=O)[O-].SS.SS.SS.SS.SS.SS.SS.SS.[2H][3H].[3HH]. The monoisotopic (exact) mass is 2390 g/mol.